The second-order valence-corrected chi connectivity index (χ2v) is 6.05. The highest BCUT2D eigenvalue weighted by Gasteiger charge is 2.43. The van der Waals surface area contributed by atoms with Gasteiger partial charge in [0.2, 0.25) is 0 Å². The number of aliphatic hydroxyl groups excluding tert-OH is 1. The molecule has 3 unspecified atom stereocenters. The maximum absolute atomic E-state index is 10.3. The zero-order valence-electron chi connectivity index (χ0n) is 10.1. The van der Waals surface area contributed by atoms with Crippen LogP contribution in [0.4, 0.5) is 0 Å². The van der Waals surface area contributed by atoms with Crippen LogP contribution in [0.25, 0.3) is 0 Å². The van der Waals surface area contributed by atoms with E-state index in [4.69, 9.17) is 0 Å². The molecule has 1 aliphatic heterocycles. The van der Waals surface area contributed by atoms with Gasteiger partial charge in [-0.2, -0.15) is 0 Å². The molecule has 0 aromatic carbocycles. The Labute approximate surface area is 93.5 Å². The highest BCUT2D eigenvalue weighted by Crippen LogP contribution is 2.43. The number of rotatable bonds is 1. The molecule has 0 radical (unpaired) electrons. The van der Waals surface area contributed by atoms with Crippen molar-refractivity contribution >= 4 is 0 Å². The minimum Gasteiger partial charge on any atom is -0.392 e. The number of nitrogens with one attached hydrogen (secondary N) is 1. The molecule has 2 fully saturated rings. The van der Waals surface area contributed by atoms with Crippen LogP contribution in [-0.2, 0) is 0 Å². The molecule has 3 atom stereocenters. The molecule has 0 spiro atoms. The van der Waals surface area contributed by atoms with Crippen molar-refractivity contribution in [3.8, 4) is 0 Å². The van der Waals surface area contributed by atoms with Gasteiger partial charge in [-0.3, -0.25) is 0 Å². The summed E-state index contributed by atoms with van der Waals surface area (Å²) in [5, 5.41) is 14.0. The van der Waals surface area contributed by atoms with Crippen molar-refractivity contribution in [2.45, 2.75) is 64.5 Å². The van der Waals surface area contributed by atoms with Gasteiger partial charge in [-0.05, 0) is 37.6 Å². The van der Waals surface area contributed by atoms with Gasteiger partial charge in [-0.1, -0.05) is 26.7 Å². The molecule has 0 bridgehead atoms. The van der Waals surface area contributed by atoms with Crippen LogP contribution in [0.5, 0.6) is 0 Å². The number of aliphatic hydroxyl groups is 1. The van der Waals surface area contributed by atoms with Crippen molar-refractivity contribution in [3.05, 3.63) is 0 Å². The average Bonchev–Trinajstić information content (AvgIpc) is 2.46. The molecule has 2 rings (SSSR count). The van der Waals surface area contributed by atoms with Crippen molar-refractivity contribution in [3.63, 3.8) is 0 Å². The first-order chi connectivity index (χ1) is 7.11. The van der Waals surface area contributed by atoms with Crippen molar-refractivity contribution in [2.24, 2.45) is 11.3 Å². The van der Waals surface area contributed by atoms with E-state index in [1.807, 2.05) is 0 Å². The number of hydrogen-bond acceptors (Lipinski definition) is 2. The predicted molar refractivity (Wildman–Crippen MR) is 62.8 cm³/mol. The maximum atomic E-state index is 10.3. The first-order valence-corrected chi connectivity index (χ1v) is 6.53. The van der Waals surface area contributed by atoms with Crippen LogP contribution >= 0.6 is 0 Å². The van der Waals surface area contributed by atoms with E-state index in [1.165, 1.54) is 38.5 Å². The molecule has 2 heteroatoms. The summed E-state index contributed by atoms with van der Waals surface area (Å²) in [6.45, 7) is 5.55. The van der Waals surface area contributed by atoms with E-state index in [-0.39, 0.29) is 11.5 Å². The van der Waals surface area contributed by atoms with Gasteiger partial charge in [0.25, 0.3) is 0 Å². The molecule has 15 heavy (non-hydrogen) atoms. The average molecular weight is 211 g/mol. The van der Waals surface area contributed by atoms with Crippen LogP contribution in [0.15, 0.2) is 0 Å². The van der Waals surface area contributed by atoms with E-state index < -0.39 is 0 Å². The highest BCUT2D eigenvalue weighted by molar-refractivity contribution is 4.96. The molecule has 0 amide bonds. The van der Waals surface area contributed by atoms with Gasteiger partial charge >= 0.3 is 0 Å². The van der Waals surface area contributed by atoms with E-state index in [9.17, 15) is 5.11 Å². The first-order valence-electron chi connectivity index (χ1n) is 6.53. The van der Waals surface area contributed by atoms with Gasteiger partial charge in [-0.15, -0.1) is 0 Å². The summed E-state index contributed by atoms with van der Waals surface area (Å²) in [5.41, 5.74) is 0.138. The van der Waals surface area contributed by atoms with Crippen LogP contribution in [-0.4, -0.2) is 23.8 Å². The van der Waals surface area contributed by atoms with E-state index in [0.29, 0.717) is 12.0 Å². The fraction of sp³-hybridized carbons (Fsp3) is 1.00. The fourth-order valence-electron chi connectivity index (χ4n) is 3.27. The maximum Gasteiger partial charge on any atom is 0.0634 e. The Kier molecular flexibility index (Phi) is 3.36. The predicted octanol–water partition coefficient (Wildman–Crippen LogP) is 2.32. The van der Waals surface area contributed by atoms with Crippen LogP contribution < -0.4 is 5.32 Å². The topological polar surface area (TPSA) is 32.3 Å². The summed E-state index contributed by atoms with van der Waals surface area (Å²) in [6.07, 6.45) is 7.54. The molecule has 1 saturated heterocycles. The summed E-state index contributed by atoms with van der Waals surface area (Å²) >= 11 is 0. The summed E-state index contributed by atoms with van der Waals surface area (Å²) in [7, 11) is 0. The van der Waals surface area contributed by atoms with Crippen molar-refractivity contribution in [1.29, 1.82) is 0 Å². The quantitative estimate of drug-likeness (QED) is 0.697. The zero-order chi connectivity index (χ0) is 10.9. The molecule has 1 heterocycles. The van der Waals surface area contributed by atoms with E-state index in [2.05, 4.69) is 19.2 Å². The summed E-state index contributed by atoms with van der Waals surface area (Å²) in [6, 6.07) is 0.573. The Morgan fingerprint density at radius 3 is 2.60 bits per heavy atom. The van der Waals surface area contributed by atoms with Crippen molar-refractivity contribution < 1.29 is 5.11 Å². The monoisotopic (exact) mass is 211 g/mol. The molecule has 2 N–H and O–H groups in total. The van der Waals surface area contributed by atoms with E-state index >= 15 is 0 Å². The minimum atomic E-state index is -0.104. The Bertz CT molecular complexity index is 207. The Morgan fingerprint density at radius 2 is 1.93 bits per heavy atom. The third-order valence-electron chi connectivity index (χ3n) is 4.44. The fourth-order valence-corrected chi connectivity index (χ4v) is 3.27. The normalized spacial score (nSPS) is 41.4. The van der Waals surface area contributed by atoms with Gasteiger partial charge < -0.3 is 10.4 Å². The Hall–Kier alpha value is -0.0800. The zero-order valence-corrected chi connectivity index (χ0v) is 10.1. The second-order valence-electron chi connectivity index (χ2n) is 6.05. The molecular weight excluding hydrogens is 186 g/mol. The van der Waals surface area contributed by atoms with Crippen LogP contribution in [0.1, 0.15) is 52.4 Å². The molecule has 88 valence electrons. The molecule has 1 saturated carbocycles. The lowest BCUT2D eigenvalue weighted by atomic mass is 9.84. The largest absolute Gasteiger partial charge is 0.392 e. The van der Waals surface area contributed by atoms with Gasteiger partial charge in [0.1, 0.15) is 0 Å². The second kappa shape index (κ2) is 4.42. The molecule has 0 aromatic rings. The molecule has 2 aliphatic rings. The summed E-state index contributed by atoms with van der Waals surface area (Å²) in [4.78, 5) is 0. The smallest absolute Gasteiger partial charge is 0.0634 e. The molecule has 1 aliphatic carbocycles. The van der Waals surface area contributed by atoms with Gasteiger partial charge in [0.05, 0.1) is 6.10 Å². The van der Waals surface area contributed by atoms with Gasteiger partial charge in [0, 0.05) is 12.0 Å². The van der Waals surface area contributed by atoms with Gasteiger partial charge in [-0.25, -0.2) is 0 Å². The minimum absolute atomic E-state index is 0.104. The lowest BCUT2D eigenvalue weighted by molar-refractivity contribution is 0.0325. The van der Waals surface area contributed by atoms with Gasteiger partial charge in [0.15, 0.2) is 0 Å². The molecular formula is C13H25NO. The van der Waals surface area contributed by atoms with Crippen LogP contribution in [0.3, 0.4) is 0 Å². The van der Waals surface area contributed by atoms with E-state index in [0.717, 1.165) is 6.54 Å². The van der Waals surface area contributed by atoms with E-state index in [1.54, 1.807) is 0 Å². The molecule has 0 aromatic heterocycles. The van der Waals surface area contributed by atoms with Crippen LogP contribution in [0.2, 0.25) is 0 Å². The van der Waals surface area contributed by atoms with Crippen molar-refractivity contribution in [1.82, 2.24) is 5.32 Å². The molecule has 2 nitrogen and oxygen atoms in total. The number of hydrogen-bond donors (Lipinski definition) is 2. The third-order valence-corrected chi connectivity index (χ3v) is 4.44. The SMILES string of the molecule is CC1(C)CCC(C2CCCCCN2)C1O. The highest BCUT2D eigenvalue weighted by atomic mass is 16.3. The van der Waals surface area contributed by atoms with Crippen LogP contribution in [0, 0.1) is 11.3 Å². The Balaban J connectivity index is 1.98. The summed E-state index contributed by atoms with van der Waals surface area (Å²) < 4.78 is 0. The standard InChI is InChI=1S/C13H25NO/c1-13(2)8-7-10(12(13)15)11-6-4-3-5-9-14-11/h10-12,14-15H,3-9H2,1-2H3. The third kappa shape index (κ3) is 2.36. The van der Waals surface area contributed by atoms with Crippen molar-refractivity contribution in [2.75, 3.05) is 6.54 Å². The summed E-state index contributed by atoms with van der Waals surface area (Å²) in [5.74, 6) is 0.498. The Morgan fingerprint density at radius 1 is 1.13 bits per heavy atom. The lowest BCUT2D eigenvalue weighted by Gasteiger charge is -2.30. The lowest BCUT2D eigenvalue weighted by Crippen LogP contribution is -2.42. The first kappa shape index (κ1) is 11.4.